The van der Waals surface area contributed by atoms with Crippen molar-refractivity contribution in [1.29, 1.82) is 0 Å². The molecule has 0 spiro atoms. The molecule has 6 rings (SSSR count). The van der Waals surface area contributed by atoms with Crippen LogP contribution in [0.15, 0.2) is 47.4 Å². The third-order valence-electron chi connectivity index (χ3n) is 7.25. The van der Waals surface area contributed by atoms with E-state index in [4.69, 9.17) is 9.97 Å². The minimum atomic E-state index is -1.41. The molecule has 3 aromatic rings. The Morgan fingerprint density at radius 1 is 1.14 bits per heavy atom. The Kier molecular flexibility index (Phi) is 6.50. The summed E-state index contributed by atoms with van der Waals surface area (Å²) in [5.41, 5.74) is 2.77. The largest absolute Gasteiger partial charge is 0.359 e. The Bertz CT molecular complexity index is 1360. The number of nitrogens with zero attached hydrogens (tertiary/aromatic N) is 6. The van der Waals surface area contributed by atoms with Gasteiger partial charge in [0.2, 0.25) is 0 Å². The van der Waals surface area contributed by atoms with Crippen molar-refractivity contribution in [3.05, 3.63) is 47.9 Å². The van der Waals surface area contributed by atoms with Crippen LogP contribution >= 0.6 is 0 Å². The van der Waals surface area contributed by atoms with Gasteiger partial charge in [0.1, 0.15) is 23.6 Å². The summed E-state index contributed by atoms with van der Waals surface area (Å²) in [7, 11) is 2.11. The molecule has 3 aliphatic rings. The fourth-order valence-corrected chi connectivity index (χ4v) is 5.14. The van der Waals surface area contributed by atoms with Crippen LogP contribution in [0.25, 0.3) is 22.3 Å². The number of nitrogens with one attached hydrogen (secondary N) is 2. The fourth-order valence-electron chi connectivity index (χ4n) is 5.14. The second-order valence-corrected chi connectivity index (χ2v) is 10.1. The number of anilines is 2. The molecule has 2 fully saturated rings. The standard InChI is InChI=1S/C27H30F2N8/c1-37(15-16-4-7-30-8-5-16)27-24-20(17-2-3-17)13-31-14-22(24)34-25(36-27)18-6-9-32-23(10-18)35-26-21(29)11-19(28)12-33-26/h6,9-10,12-14,16-17,19,30H,2-5,7-8,11,15H2,1H3,(H,32,35). The van der Waals surface area contributed by atoms with Crippen molar-refractivity contribution in [1.82, 2.24) is 25.3 Å². The van der Waals surface area contributed by atoms with E-state index < -0.39 is 12.0 Å². The molecule has 10 heteroatoms. The molecule has 0 bridgehead atoms. The lowest BCUT2D eigenvalue weighted by Crippen LogP contribution is -2.35. The third kappa shape index (κ3) is 5.16. The van der Waals surface area contributed by atoms with Crippen LogP contribution in [0.5, 0.6) is 0 Å². The van der Waals surface area contributed by atoms with Crippen LogP contribution in [-0.4, -0.2) is 59.0 Å². The van der Waals surface area contributed by atoms with Crippen LogP contribution in [0, 0.1) is 5.92 Å². The molecule has 192 valence electrons. The molecule has 0 amide bonds. The zero-order chi connectivity index (χ0) is 25.4. The predicted octanol–water partition coefficient (Wildman–Crippen LogP) is 4.76. The number of allylic oxidation sites excluding steroid dienone is 1. The molecule has 8 nitrogen and oxygen atoms in total. The lowest BCUT2D eigenvalue weighted by atomic mass is 9.97. The Labute approximate surface area is 214 Å². The number of fused-ring (bicyclic) bond motifs is 1. The van der Waals surface area contributed by atoms with Crippen LogP contribution in [0.3, 0.4) is 0 Å². The van der Waals surface area contributed by atoms with Crippen molar-refractivity contribution in [2.45, 2.75) is 44.2 Å². The number of alkyl halides is 1. The first kappa shape index (κ1) is 23.8. The van der Waals surface area contributed by atoms with Gasteiger partial charge in [0.25, 0.3) is 0 Å². The third-order valence-corrected chi connectivity index (χ3v) is 7.25. The van der Waals surface area contributed by atoms with E-state index in [0.717, 1.165) is 73.8 Å². The maximum absolute atomic E-state index is 14.2. The van der Waals surface area contributed by atoms with E-state index in [1.807, 2.05) is 12.3 Å². The lowest BCUT2D eigenvalue weighted by molar-refractivity contribution is 0.377. The van der Waals surface area contributed by atoms with E-state index in [1.54, 1.807) is 18.5 Å². The van der Waals surface area contributed by atoms with Gasteiger partial charge in [0, 0.05) is 49.6 Å². The molecule has 5 heterocycles. The highest BCUT2D eigenvalue weighted by molar-refractivity contribution is 5.94. The van der Waals surface area contributed by atoms with Crippen LogP contribution < -0.4 is 15.5 Å². The molecular formula is C27H30F2N8. The number of pyridine rings is 2. The van der Waals surface area contributed by atoms with Gasteiger partial charge >= 0.3 is 0 Å². The van der Waals surface area contributed by atoms with Crippen molar-refractivity contribution >= 4 is 28.8 Å². The van der Waals surface area contributed by atoms with Gasteiger partial charge in [-0.25, -0.2) is 28.7 Å². The number of aliphatic imine (C=N–C) groups is 1. The number of piperidine rings is 1. The predicted molar refractivity (Wildman–Crippen MR) is 141 cm³/mol. The highest BCUT2D eigenvalue weighted by Gasteiger charge is 2.29. The van der Waals surface area contributed by atoms with E-state index in [-0.39, 0.29) is 12.2 Å². The van der Waals surface area contributed by atoms with Crippen LogP contribution in [0.1, 0.15) is 43.6 Å². The Balaban J connectivity index is 1.37. The van der Waals surface area contributed by atoms with Gasteiger partial charge in [0.05, 0.1) is 11.7 Å². The summed E-state index contributed by atoms with van der Waals surface area (Å²) in [5, 5.41) is 7.39. The number of halogens is 2. The van der Waals surface area contributed by atoms with Crippen molar-refractivity contribution in [2.75, 3.05) is 36.9 Å². The molecule has 2 N–H and O–H groups in total. The second kappa shape index (κ2) is 10.1. The normalized spacial score (nSPS) is 20.5. The maximum atomic E-state index is 14.2. The van der Waals surface area contributed by atoms with Crippen molar-refractivity contribution in [2.24, 2.45) is 10.9 Å². The fraction of sp³-hybridized carbons (Fsp3) is 0.444. The molecule has 2 aliphatic heterocycles. The van der Waals surface area contributed by atoms with E-state index in [1.165, 1.54) is 5.56 Å². The van der Waals surface area contributed by atoms with Gasteiger partial charge in [-0.05, 0) is 68.3 Å². The average Bonchev–Trinajstić information content (AvgIpc) is 3.76. The maximum Gasteiger partial charge on any atom is 0.163 e. The van der Waals surface area contributed by atoms with Gasteiger partial charge in [0.15, 0.2) is 11.6 Å². The first-order valence-corrected chi connectivity index (χ1v) is 12.9. The molecule has 37 heavy (non-hydrogen) atoms. The van der Waals surface area contributed by atoms with Gasteiger partial charge in [-0.2, -0.15) is 0 Å². The highest BCUT2D eigenvalue weighted by atomic mass is 19.1. The van der Waals surface area contributed by atoms with Crippen LogP contribution in [0.4, 0.5) is 20.4 Å². The first-order valence-electron chi connectivity index (χ1n) is 12.9. The molecule has 1 unspecified atom stereocenters. The summed E-state index contributed by atoms with van der Waals surface area (Å²) in [5.74, 6) is 2.29. The Morgan fingerprint density at radius 2 is 1.97 bits per heavy atom. The summed E-state index contributed by atoms with van der Waals surface area (Å²) in [6, 6.07) is 3.58. The summed E-state index contributed by atoms with van der Waals surface area (Å²) < 4.78 is 27.6. The quantitative estimate of drug-likeness (QED) is 0.479. The number of rotatable bonds is 7. The average molecular weight is 505 g/mol. The van der Waals surface area contributed by atoms with Crippen LogP contribution in [0.2, 0.25) is 0 Å². The molecule has 0 aromatic carbocycles. The molecule has 3 aromatic heterocycles. The van der Waals surface area contributed by atoms with E-state index >= 15 is 0 Å². The van der Waals surface area contributed by atoms with Gasteiger partial charge in [-0.1, -0.05) is 0 Å². The highest BCUT2D eigenvalue weighted by Crippen LogP contribution is 2.44. The zero-order valence-electron chi connectivity index (χ0n) is 20.8. The minimum absolute atomic E-state index is 0.0290. The molecular weight excluding hydrogens is 474 g/mol. The van der Waals surface area contributed by atoms with Gasteiger partial charge in [-0.15, -0.1) is 0 Å². The van der Waals surface area contributed by atoms with E-state index in [2.05, 4.69) is 37.5 Å². The van der Waals surface area contributed by atoms with E-state index in [9.17, 15) is 8.78 Å². The monoisotopic (exact) mass is 504 g/mol. The zero-order valence-corrected chi connectivity index (χ0v) is 20.8. The minimum Gasteiger partial charge on any atom is -0.359 e. The number of aromatic nitrogens is 4. The summed E-state index contributed by atoms with van der Waals surface area (Å²) >= 11 is 0. The van der Waals surface area contributed by atoms with Crippen molar-refractivity contribution < 1.29 is 8.78 Å². The Hall–Kier alpha value is -3.53. The van der Waals surface area contributed by atoms with E-state index in [0.29, 0.717) is 23.5 Å². The lowest BCUT2D eigenvalue weighted by Gasteiger charge is -2.29. The number of hydrogen-bond acceptors (Lipinski definition) is 8. The first-order chi connectivity index (χ1) is 18.0. The molecule has 1 saturated heterocycles. The second-order valence-electron chi connectivity index (χ2n) is 10.1. The summed E-state index contributed by atoms with van der Waals surface area (Å²) in [6.45, 7) is 3.01. The van der Waals surface area contributed by atoms with Crippen molar-refractivity contribution in [3.63, 3.8) is 0 Å². The molecule has 1 saturated carbocycles. The summed E-state index contributed by atoms with van der Waals surface area (Å²) in [4.78, 5) is 24.9. The topological polar surface area (TPSA) is 91.2 Å². The van der Waals surface area contributed by atoms with Crippen molar-refractivity contribution in [3.8, 4) is 11.4 Å². The summed E-state index contributed by atoms with van der Waals surface area (Å²) in [6.07, 6.45) is 9.36. The smallest absolute Gasteiger partial charge is 0.163 e. The molecule has 1 aliphatic carbocycles. The number of hydrogen-bond donors (Lipinski definition) is 2. The Morgan fingerprint density at radius 3 is 2.76 bits per heavy atom. The van der Waals surface area contributed by atoms with Crippen LogP contribution in [-0.2, 0) is 0 Å². The molecule has 0 radical (unpaired) electrons. The molecule has 1 atom stereocenters. The van der Waals surface area contributed by atoms with Gasteiger partial charge < -0.3 is 15.5 Å². The van der Waals surface area contributed by atoms with Gasteiger partial charge in [-0.3, -0.25) is 4.98 Å². The SMILES string of the molecule is CN(CC1CCNCC1)c1nc(-c2ccnc(NC3=C(F)CC(F)C=N3)c2)nc2cncc(C3CC3)c12.